The van der Waals surface area contributed by atoms with Crippen molar-refractivity contribution >= 4 is 23.2 Å². The molecule has 0 aromatic carbocycles. The number of hydrogen-bond acceptors (Lipinski definition) is 2. The van der Waals surface area contributed by atoms with Crippen molar-refractivity contribution < 1.29 is 0 Å². The molecule has 0 fully saturated rings. The maximum Gasteiger partial charge on any atom is 0.194 e. The highest BCUT2D eigenvalue weighted by molar-refractivity contribution is 6.30. The van der Waals surface area contributed by atoms with Gasteiger partial charge >= 0.3 is 0 Å². The summed E-state index contributed by atoms with van der Waals surface area (Å²) in [6.07, 6.45) is 6.84. The second kappa shape index (κ2) is 8.48. The SMILES string of the molecule is CCNC(=NCCc1cn2cccc(C)c2n1)N(C)Cc1cc(Cl)cn1C. The molecule has 7 heteroatoms. The highest BCUT2D eigenvalue weighted by Crippen LogP contribution is 2.14. The Hall–Kier alpha value is -2.47. The number of fused-ring (bicyclic) bond motifs is 1. The Morgan fingerprint density at radius 1 is 1.37 bits per heavy atom. The van der Waals surface area contributed by atoms with E-state index in [0.29, 0.717) is 6.54 Å². The lowest BCUT2D eigenvalue weighted by Gasteiger charge is -2.22. The number of nitrogens with zero attached hydrogens (tertiary/aromatic N) is 5. The summed E-state index contributed by atoms with van der Waals surface area (Å²) in [7, 11) is 4.04. The minimum atomic E-state index is 0.684. The summed E-state index contributed by atoms with van der Waals surface area (Å²) < 4.78 is 4.12. The Morgan fingerprint density at radius 3 is 2.85 bits per heavy atom. The van der Waals surface area contributed by atoms with E-state index in [4.69, 9.17) is 21.6 Å². The van der Waals surface area contributed by atoms with Gasteiger partial charge in [0.2, 0.25) is 0 Å². The number of hydrogen-bond donors (Lipinski definition) is 1. The quantitative estimate of drug-likeness (QED) is 0.522. The molecule has 3 heterocycles. The summed E-state index contributed by atoms with van der Waals surface area (Å²) in [6, 6.07) is 6.11. The largest absolute Gasteiger partial charge is 0.357 e. The molecule has 0 spiro atoms. The van der Waals surface area contributed by atoms with Crippen molar-refractivity contribution in [1.29, 1.82) is 0 Å². The number of pyridine rings is 1. The fourth-order valence-electron chi connectivity index (χ4n) is 3.11. The Morgan fingerprint density at radius 2 is 2.19 bits per heavy atom. The topological polar surface area (TPSA) is 49.9 Å². The number of aliphatic imine (C=N–C) groups is 1. The van der Waals surface area contributed by atoms with Crippen molar-refractivity contribution in [3.05, 3.63) is 58.8 Å². The molecule has 0 amide bonds. The first kappa shape index (κ1) is 19.3. The zero-order valence-corrected chi connectivity index (χ0v) is 17.2. The second-order valence-corrected chi connectivity index (χ2v) is 7.19. The zero-order chi connectivity index (χ0) is 19.4. The molecular formula is C20H27ClN6. The van der Waals surface area contributed by atoms with E-state index in [1.165, 1.54) is 5.56 Å². The lowest BCUT2D eigenvalue weighted by Crippen LogP contribution is -2.39. The van der Waals surface area contributed by atoms with Crippen molar-refractivity contribution in [2.75, 3.05) is 20.1 Å². The lowest BCUT2D eigenvalue weighted by molar-refractivity contribution is 0.462. The van der Waals surface area contributed by atoms with Gasteiger partial charge in [-0.3, -0.25) is 4.99 Å². The number of aryl methyl sites for hydroxylation is 2. The number of halogens is 1. The monoisotopic (exact) mass is 386 g/mol. The maximum atomic E-state index is 6.09. The van der Waals surface area contributed by atoms with E-state index in [0.717, 1.165) is 47.5 Å². The number of imidazole rings is 1. The van der Waals surface area contributed by atoms with Gasteiger partial charge in [-0.25, -0.2) is 4.98 Å². The van der Waals surface area contributed by atoms with E-state index < -0.39 is 0 Å². The van der Waals surface area contributed by atoms with Crippen molar-refractivity contribution in [2.24, 2.45) is 12.0 Å². The van der Waals surface area contributed by atoms with Gasteiger partial charge in [0.1, 0.15) is 5.65 Å². The van der Waals surface area contributed by atoms with Gasteiger partial charge < -0.3 is 19.2 Å². The van der Waals surface area contributed by atoms with Crippen LogP contribution in [0.3, 0.4) is 0 Å². The summed E-state index contributed by atoms with van der Waals surface area (Å²) in [6.45, 7) is 6.41. The molecule has 3 aromatic rings. The summed E-state index contributed by atoms with van der Waals surface area (Å²) in [4.78, 5) is 11.6. The molecule has 6 nitrogen and oxygen atoms in total. The van der Waals surface area contributed by atoms with Crippen LogP contribution in [0.15, 0.2) is 41.8 Å². The Kier molecular flexibility index (Phi) is 6.06. The smallest absolute Gasteiger partial charge is 0.194 e. The van der Waals surface area contributed by atoms with Crippen LogP contribution in [0.5, 0.6) is 0 Å². The molecule has 0 bridgehead atoms. The number of rotatable bonds is 6. The van der Waals surface area contributed by atoms with Gasteiger partial charge in [-0.1, -0.05) is 17.7 Å². The van der Waals surface area contributed by atoms with Crippen LogP contribution < -0.4 is 5.32 Å². The van der Waals surface area contributed by atoms with Crippen LogP contribution in [0, 0.1) is 6.92 Å². The summed E-state index contributed by atoms with van der Waals surface area (Å²) in [5.74, 6) is 0.884. The van der Waals surface area contributed by atoms with E-state index >= 15 is 0 Å². The van der Waals surface area contributed by atoms with Crippen LogP contribution in [-0.4, -0.2) is 44.9 Å². The van der Waals surface area contributed by atoms with Crippen molar-refractivity contribution in [2.45, 2.75) is 26.8 Å². The van der Waals surface area contributed by atoms with Crippen LogP contribution in [-0.2, 0) is 20.0 Å². The highest BCUT2D eigenvalue weighted by Gasteiger charge is 2.10. The Labute approximate surface area is 165 Å². The maximum absolute atomic E-state index is 6.09. The van der Waals surface area contributed by atoms with Gasteiger partial charge in [-0.05, 0) is 31.5 Å². The number of nitrogens with one attached hydrogen (secondary N) is 1. The second-order valence-electron chi connectivity index (χ2n) is 6.76. The predicted molar refractivity (Wildman–Crippen MR) is 112 cm³/mol. The molecule has 0 aliphatic heterocycles. The summed E-state index contributed by atoms with van der Waals surface area (Å²) in [5, 5.41) is 4.11. The van der Waals surface area contributed by atoms with Gasteiger partial charge in [0, 0.05) is 57.9 Å². The molecule has 0 atom stereocenters. The third-order valence-electron chi connectivity index (χ3n) is 4.53. The molecule has 0 aliphatic rings. The summed E-state index contributed by atoms with van der Waals surface area (Å²) in [5.41, 5.74) is 4.40. The Balaban J connectivity index is 1.67. The molecule has 1 N–H and O–H groups in total. The van der Waals surface area contributed by atoms with Gasteiger partial charge in [0.15, 0.2) is 5.96 Å². The van der Waals surface area contributed by atoms with Crippen LogP contribution in [0.2, 0.25) is 5.02 Å². The third kappa shape index (κ3) is 4.63. The van der Waals surface area contributed by atoms with Crippen molar-refractivity contribution in [3.63, 3.8) is 0 Å². The normalized spacial score (nSPS) is 12.0. The molecule has 0 saturated carbocycles. The number of guanidine groups is 1. The molecule has 0 aliphatic carbocycles. The van der Waals surface area contributed by atoms with Gasteiger partial charge in [0.05, 0.1) is 17.3 Å². The van der Waals surface area contributed by atoms with E-state index in [2.05, 4.69) is 40.7 Å². The molecule has 0 unspecified atom stereocenters. The summed E-state index contributed by atoms with van der Waals surface area (Å²) >= 11 is 6.09. The molecule has 0 saturated heterocycles. The van der Waals surface area contributed by atoms with Crippen LogP contribution >= 0.6 is 11.6 Å². The van der Waals surface area contributed by atoms with Crippen molar-refractivity contribution in [3.8, 4) is 0 Å². The standard InChI is InChI=1S/C20H27ClN6/c1-5-22-20(26(4)14-18-11-16(21)12-25(18)3)23-9-8-17-13-27-10-6-7-15(2)19(27)24-17/h6-7,10-13H,5,8-9,14H2,1-4H3,(H,22,23). The first-order valence-corrected chi connectivity index (χ1v) is 9.59. The van der Waals surface area contributed by atoms with Crippen LogP contribution in [0.4, 0.5) is 0 Å². The minimum absolute atomic E-state index is 0.684. The molecule has 27 heavy (non-hydrogen) atoms. The molecule has 0 radical (unpaired) electrons. The Bertz CT molecular complexity index is 939. The van der Waals surface area contributed by atoms with Gasteiger partial charge in [-0.15, -0.1) is 0 Å². The first-order valence-electron chi connectivity index (χ1n) is 9.21. The highest BCUT2D eigenvalue weighted by atomic mass is 35.5. The first-order chi connectivity index (χ1) is 13.0. The van der Waals surface area contributed by atoms with Crippen LogP contribution in [0.25, 0.3) is 5.65 Å². The number of aromatic nitrogens is 3. The fraction of sp³-hybridized carbons (Fsp3) is 0.400. The molecule has 144 valence electrons. The van der Waals surface area contributed by atoms with Gasteiger partial charge in [-0.2, -0.15) is 0 Å². The molecule has 3 aromatic heterocycles. The van der Waals surface area contributed by atoms with E-state index in [1.54, 1.807) is 0 Å². The third-order valence-corrected chi connectivity index (χ3v) is 4.73. The molecular weight excluding hydrogens is 360 g/mol. The van der Waals surface area contributed by atoms with Gasteiger partial charge in [0.25, 0.3) is 0 Å². The molecule has 3 rings (SSSR count). The lowest BCUT2D eigenvalue weighted by atomic mass is 10.3. The average molecular weight is 387 g/mol. The van der Waals surface area contributed by atoms with E-state index in [-0.39, 0.29) is 0 Å². The predicted octanol–water partition coefficient (Wildman–Crippen LogP) is 3.27. The van der Waals surface area contributed by atoms with E-state index in [9.17, 15) is 0 Å². The minimum Gasteiger partial charge on any atom is -0.357 e. The average Bonchev–Trinajstić information content (AvgIpc) is 3.17. The van der Waals surface area contributed by atoms with E-state index in [1.807, 2.05) is 43.2 Å². The van der Waals surface area contributed by atoms with Crippen molar-refractivity contribution in [1.82, 2.24) is 24.2 Å². The fourth-order valence-corrected chi connectivity index (χ4v) is 3.38. The zero-order valence-electron chi connectivity index (χ0n) is 16.4. The van der Waals surface area contributed by atoms with Crippen LogP contribution in [0.1, 0.15) is 23.9 Å².